The van der Waals surface area contributed by atoms with Gasteiger partial charge in [0.25, 0.3) is 5.91 Å². The standard InChI is InChI=1S/C15H21N3O3S/c16-22(20,21)10-11-6-8-18(9-11)15(19)13-5-1-3-12-4-2-7-17-14(12)13/h1,3,5,11,17H,2,4,6-10H2,(H2,16,20,21)/t11-/m1/s1. The smallest absolute Gasteiger partial charge is 0.255 e. The number of rotatable bonds is 3. The molecule has 0 unspecified atom stereocenters. The van der Waals surface area contributed by atoms with Gasteiger partial charge in [-0.25, -0.2) is 13.6 Å². The van der Waals surface area contributed by atoms with Crippen molar-refractivity contribution in [2.75, 3.05) is 30.7 Å². The molecule has 3 rings (SSSR count). The summed E-state index contributed by atoms with van der Waals surface area (Å²) in [5.74, 6) is -0.142. The van der Waals surface area contributed by atoms with Crippen LogP contribution in [0.2, 0.25) is 0 Å². The number of para-hydroxylation sites is 1. The second-order valence-corrected chi connectivity index (χ2v) is 7.76. The van der Waals surface area contributed by atoms with E-state index in [2.05, 4.69) is 5.32 Å². The molecule has 1 aromatic rings. The highest BCUT2D eigenvalue weighted by Crippen LogP contribution is 2.28. The van der Waals surface area contributed by atoms with Gasteiger partial charge in [0.2, 0.25) is 10.0 Å². The molecule has 1 saturated heterocycles. The van der Waals surface area contributed by atoms with Crippen molar-refractivity contribution in [2.45, 2.75) is 19.3 Å². The van der Waals surface area contributed by atoms with Gasteiger partial charge < -0.3 is 10.2 Å². The molecule has 7 heteroatoms. The molecule has 1 fully saturated rings. The maximum Gasteiger partial charge on any atom is 0.255 e. The van der Waals surface area contributed by atoms with E-state index in [-0.39, 0.29) is 17.6 Å². The molecule has 0 aromatic heterocycles. The van der Waals surface area contributed by atoms with E-state index in [4.69, 9.17) is 5.14 Å². The van der Waals surface area contributed by atoms with E-state index >= 15 is 0 Å². The van der Waals surface area contributed by atoms with Gasteiger partial charge in [0.05, 0.1) is 17.0 Å². The fraction of sp³-hybridized carbons (Fsp3) is 0.533. The molecule has 1 amide bonds. The zero-order chi connectivity index (χ0) is 15.7. The Balaban J connectivity index is 1.76. The number of primary sulfonamides is 1. The number of sulfonamides is 1. The summed E-state index contributed by atoms with van der Waals surface area (Å²) in [6, 6.07) is 5.80. The number of hydrogen-bond donors (Lipinski definition) is 2. The van der Waals surface area contributed by atoms with E-state index in [0.29, 0.717) is 25.1 Å². The molecule has 2 aliphatic heterocycles. The van der Waals surface area contributed by atoms with Gasteiger partial charge in [0.15, 0.2) is 0 Å². The van der Waals surface area contributed by atoms with Crippen molar-refractivity contribution < 1.29 is 13.2 Å². The van der Waals surface area contributed by atoms with Gasteiger partial charge >= 0.3 is 0 Å². The molecule has 2 aliphatic rings. The number of nitrogens with zero attached hydrogens (tertiary/aromatic N) is 1. The Morgan fingerprint density at radius 1 is 1.41 bits per heavy atom. The molecule has 120 valence electrons. The van der Waals surface area contributed by atoms with Crippen LogP contribution in [-0.4, -0.2) is 44.6 Å². The van der Waals surface area contributed by atoms with Crippen molar-refractivity contribution in [1.29, 1.82) is 0 Å². The summed E-state index contributed by atoms with van der Waals surface area (Å²) in [4.78, 5) is 14.5. The number of fused-ring (bicyclic) bond motifs is 1. The number of nitrogens with one attached hydrogen (secondary N) is 1. The van der Waals surface area contributed by atoms with E-state index in [0.717, 1.165) is 25.1 Å². The number of hydrogen-bond acceptors (Lipinski definition) is 4. The van der Waals surface area contributed by atoms with Gasteiger partial charge in [-0.15, -0.1) is 0 Å². The molecule has 3 N–H and O–H groups in total. The zero-order valence-corrected chi connectivity index (χ0v) is 13.2. The molecular formula is C15H21N3O3S. The minimum atomic E-state index is -3.49. The maximum absolute atomic E-state index is 12.7. The van der Waals surface area contributed by atoms with Crippen molar-refractivity contribution in [3.63, 3.8) is 0 Å². The van der Waals surface area contributed by atoms with Gasteiger partial charge in [-0.2, -0.15) is 0 Å². The maximum atomic E-state index is 12.7. The molecule has 6 nitrogen and oxygen atoms in total. The Kier molecular flexibility index (Phi) is 4.10. The summed E-state index contributed by atoms with van der Waals surface area (Å²) in [5.41, 5.74) is 2.81. The molecule has 0 radical (unpaired) electrons. The second-order valence-electron chi connectivity index (χ2n) is 6.11. The van der Waals surface area contributed by atoms with Gasteiger partial charge in [-0.05, 0) is 36.8 Å². The number of nitrogens with two attached hydrogens (primary N) is 1. The van der Waals surface area contributed by atoms with Crippen LogP contribution in [0, 0.1) is 5.92 Å². The van der Waals surface area contributed by atoms with Gasteiger partial charge in [0.1, 0.15) is 0 Å². The lowest BCUT2D eigenvalue weighted by Crippen LogP contribution is -2.31. The minimum absolute atomic E-state index is 0.0248. The van der Waals surface area contributed by atoms with Crippen LogP contribution < -0.4 is 10.5 Å². The number of anilines is 1. The van der Waals surface area contributed by atoms with Crippen molar-refractivity contribution in [3.8, 4) is 0 Å². The van der Waals surface area contributed by atoms with Gasteiger partial charge in [0, 0.05) is 19.6 Å². The molecule has 0 bridgehead atoms. The first-order valence-electron chi connectivity index (χ1n) is 7.59. The zero-order valence-electron chi connectivity index (χ0n) is 12.4. The quantitative estimate of drug-likeness (QED) is 0.860. The van der Waals surface area contributed by atoms with Crippen molar-refractivity contribution in [2.24, 2.45) is 11.1 Å². The Bertz CT molecular complexity index is 687. The first-order valence-corrected chi connectivity index (χ1v) is 9.31. The van der Waals surface area contributed by atoms with Crippen LogP contribution >= 0.6 is 0 Å². The molecule has 1 atom stereocenters. The summed E-state index contributed by atoms with van der Waals surface area (Å²) in [7, 11) is -3.49. The fourth-order valence-corrected chi connectivity index (χ4v) is 4.27. The lowest BCUT2D eigenvalue weighted by Gasteiger charge is -2.23. The molecule has 1 aromatic carbocycles. The number of aryl methyl sites for hydroxylation is 1. The van der Waals surface area contributed by atoms with Crippen LogP contribution in [0.5, 0.6) is 0 Å². The molecule has 0 saturated carbocycles. The fourth-order valence-electron chi connectivity index (χ4n) is 3.34. The van der Waals surface area contributed by atoms with Crippen molar-refractivity contribution in [3.05, 3.63) is 29.3 Å². The molecule has 0 aliphatic carbocycles. The lowest BCUT2D eigenvalue weighted by molar-refractivity contribution is 0.0789. The topological polar surface area (TPSA) is 92.5 Å². The predicted octanol–water partition coefficient (Wildman–Crippen LogP) is 0.795. The summed E-state index contributed by atoms with van der Waals surface area (Å²) in [6.45, 7) is 1.92. The van der Waals surface area contributed by atoms with E-state index in [1.807, 2.05) is 18.2 Å². The average molecular weight is 323 g/mol. The van der Waals surface area contributed by atoms with E-state index in [1.165, 1.54) is 5.56 Å². The molecular weight excluding hydrogens is 302 g/mol. The third-order valence-electron chi connectivity index (χ3n) is 4.35. The highest BCUT2D eigenvalue weighted by atomic mass is 32.2. The van der Waals surface area contributed by atoms with Crippen LogP contribution in [0.1, 0.15) is 28.8 Å². The Hall–Kier alpha value is -1.60. The monoisotopic (exact) mass is 323 g/mol. The number of likely N-dealkylation sites (tertiary alicyclic amines) is 1. The highest BCUT2D eigenvalue weighted by molar-refractivity contribution is 7.89. The van der Waals surface area contributed by atoms with Crippen LogP contribution in [0.15, 0.2) is 18.2 Å². The SMILES string of the molecule is NS(=O)(=O)C[C@@H]1CCN(C(=O)c2cccc3c2NCCC3)C1. The predicted molar refractivity (Wildman–Crippen MR) is 85.2 cm³/mol. The lowest BCUT2D eigenvalue weighted by atomic mass is 9.99. The normalized spacial score (nSPS) is 21.3. The molecule has 2 heterocycles. The Morgan fingerprint density at radius 2 is 2.23 bits per heavy atom. The van der Waals surface area contributed by atoms with E-state index < -0.39 is 10.0 Å². The summed E-state index contributed by atoms with van der Waals surface area (Å²) >= 11 is 0. The first-order chi connectivity index (χ1) is 10.4. The van der Waals surface area contributed by atoms with E-state index in [9.17, 15) is 13.2 Å². The minimum Gasteiger partial charge on any atom is -0.384 e. The Labute approximate surface area is 130 Å². The van der Waals surface area contributed by atoms with Crippen LogP contribution in [0.4, 0.5) is 5.69 Å². The average Bonchev–Trinajstić information content (AvgIpc) is 2.92. The number of carbonyl (C=O) groups excluding carboxylic acids is 1. The van der Waals surface area contributed by atoms with Crippen LogP contribution in [-0.2, 0) is 16.4 Å². The summed E-state index contributed by atoms with van der Waals surface area (Å²) < 4.78 is 22.4. The van der Waals surface area contributed by atoms with E-state index in [1.54, 1.807) is 4.90 Å². The van der Waals surface area contributed by atoms with Gasteiger partial charge in [-0.1, -0.05) is 12.1 Å². The number of carbonyl (C=O) groups is 1. The number of amides is 1. The van der Waals surface area contributed by atoms with Crippen molar-refractivity contribution >= 4 is 21.6 Å². The summed E-state index contributed by atoms with van der Waals surface area (Å²) in [6.07, 6.45) is 2.74. The van der Waals surface area contributed by atoms with Crippen LogP contribution in [0.25, 0.3) is 0 Å². The molecule has 22 heavy (non-hydrogen) atoms. The largest absolute Gasteiger partial charge is 0.384 e. The number of benzene rings is 1. The van der Waals surface area contributed by atoms with Crippen molar-refractivity contribution in [1.82, 2.24) is 4.90 Å². The Morgan fingerprint density at radius 3 is 3.00 bits per heavy atom. The molecule has 0 spiro atoms. The van der Waals surface area contributed by atoms with Gasteiger partial charge in [-0.3, -0.25) is 4.79 Å². The summed E-state index contributed by atoms with van der Waals surface area (Å²) in [5, 5.41) is 8.42. The second kappa shape index (κ2) is 5.89. The third-order valence-corrected chi connectivity index (χ3v) is 5.28. The third kappa shape index (κ3) is 3.25. The first kappa shape index (κ1) is 15.3. The van der Waals surface area contributed by atoms with Crippen LogP contribution in [0.3, 0.4) is 0 Å². The highest BCUT2D eigenvalue weighted by Gasteiger charge is 2.30.